The lowest BCUT2D eigenvalue weighted by molar-refractivity contribution is -0.0502. The summed E-state index contributed by atoms with van der Waals surface area (Å²) in [6, 6.07) is 1.13. The molecule has 0 bridgehead atoms. The van der Waals surface area contributed by atoms with Crippen molar-refractivity contribution >= 4 is 6.03 Å². The van der Waals surface area contributed by atoms with Gasteiger partial charge in [0.1, 0.15) is 0 Å². The zero-order valence-corrected chi connectivity index (χ0v) is 6.65. The fraction of sp³-hybridized carbons (Fsp3) is 0.286. The number of hydrogen-bond donors (Lipinski definition) is 2. The Hall–Kier alpha value is -1.49. The third kappa shape index (κ3) is 2.00. The maximum absolute atomic E-state index is 10.8. The Morgan fingerprint density at radius 1 is 1.83 bits per heavy atom. The van der Waals surface area contributed by atoms with Crippen molar-refractivity contribution in [1.29, 1.82) is 0 Å². The van der Waals surface area contributed by atoms with E-state index in [1.807, 2.05) is 0 Å². The van der Waals surface area contributed by atoms with Crippen molar-refractivity contribution in [3.05, 3.63) is 24.2 Å². The van der Waals surface area contributed by atoms with Gasteiger partial charge in [-0.05, 0) is 6.07 Å². The van der Waals surface area contributed by atoms with E-state index in [0.717, 1.165) is 5.56 Å². The summed E-state index contributed by atoms with van der Waals surface area (Å²) in [6.45, 7) is 0.121. The summed E-state index contributed by atoms with van der Waals surface area (Å²) in [5, 5.41) is 11.9. The molecule has 0 atom stereocenters. The van der Waals surface area contributed by atoms with E-state index in [9.17, 15) is 4.79 Å². The molecule has 0 aromatic carbocycles. The lowest BCUT2D eigenvalue weighted by atomic mass is 10.3. The molecule has 2 amide bonds. The first-order chi connectivity index (χ1) is 5.74. The summed E-state index contributed by atoms with van der Waals surface area (Å²) in [4.78, 5) is 10.8. The van der Waals surface area contributed by atoms with Gasteiger partial charge in [-0.1, -0.05) is 0 Å². The van der Waals surface area contributed by atoms with Gasteiger partial charge >= 0.3 is 6.03 Å². The highest BCUT2D eigenvalue weighted by atomic mass is 16.5. The molecule has 0 spiro atoms. The topological polar surface area (TPSA) is 65.7 Å². The number of rotatable bonds is 2. The Balaban J connectivity index is 2.47. The monoisotopic (exact) mass is 170 g/mol. The molecular formula is C7H10N2O3. The van der Waals surface area contributed by atoms with Crippen molar-refractivity contribution in [3.63, 3.8) is 0 Å². The lowest BCUT2D eigenvalue weighted by Gasteiger charge is -2.12. The average Bonchev–Trinajstić information content (AvgIpc) is 2.55. The van der Waals surface area contributed by atoms with Crippen LogP contribution in [0.15, 0.2) is 23.0 Å². The first-order valence-electron chi connectivity index (χ1n) is 3.43. The number of hydroxylamine groups is 2. The molecule has 1 rings (SSSR count). The maximum atomic E-state index is 10.8. The van der Waals surface area contributed by atoms with Crippen LogP contribution >= 0.6 is 0 Å². The molecule has 1 aromatic heterocycles. The molecule has 66 valence electrons. The van der Waals surface area contributed by atoms with Gasteiger partial charge in [0.05, 0.1) is 19.1 Å². The Bertz CT molecular complexity index is 245. The molecule has 0 radical (unpaired) electrons. The number of amides is 2. The van der Waals surface area contributed by atoms with Gasteiger partial charge in [0.15, 0.2) is 0 Å². The Kier molecular flexibility index (Phi) is 2.71. The molecule has 2 N–H and O–H groups in total. The predicted octanol–water partition coefficient (Wildman–Crippen LogP) is 0.810. The third-order valence-corrected chi connectivity index (χ3v) is 1.36. The highest BCUT2D eigenvalue weighted by molar-refractivity contribution is 5.72. The SMILES string of the molecule is CNC(=O)N(O)Cc1ccoc1. The van der Waals surface area contributed by atoms with Crippen LogP contribution in [0.25, 0.3) is 0 Å². The summed E-state index contributed by atoms with van der Waals surface area (Å²) in [7, 11) is 1.45. The summed E-state index contributed by atoms with van der Waals surface area (Å²) in [5.41, 5.74) is 0.737. The molecule has 5 heteroatoms. The molecule has 0 aliphatic rings. The van der Waals surface area contributed by atoms with Gasteiger partial charge in [-0.3, -0.25) is 5.21 Å². The molecule has 0 saturated carbocycles. The molecule has 0 aliphatic carbocycles. The molecule has 12 heavy (non-hydrogen) atoms. The molecule has 0 fully saturated rings. The molecule has 1 aromatic rings. The van der Waals surface area contributed by atoms with Crippen LogP contribution in [0.3, 0.4) is 0 Å². The molecule has 0 unspecified atom stereocenters. The van der Waals surface area contributed by atoms with Crippen molar-refractivity contribution in [2.45, 2.75) is 6.54 Å². The van der Waals surface area contributed by atoms with Gasteiger partial charge in [0, 0.05) is 12.6 Å². The van der Waals surface area contributed by atoms with Crippen LogP contribution in [0.1, 0.15) is 5.56 Å². The predicted molar refractivity (Wildman–Crippen MR) is 40.5 cm³/mol. The third-order valence-electron chi connectivity index (χ3n) is 1.36. The standard InChI is InChI=1S/C7H10N2O3/c1-8-7(10)9(11)4-6-2-3-12-5-6/h2-3,5,11H,4H2,1H3,(H,8,10). The highest BCUT2D eigenvalue weighted by Gasteiger charge is 2.08. The quantitative estimate of drug-likeness (QED) is 0.510. The fourth-order valence-electron chi connectivity index (χ4n) is 0.756. The summed E-state index contributed by atoms with van der Waals surface area (Å²) in [5.74, 6) is 0. The Morgan fingerprint density at radius 3 is 3.08 bits per heavy atom. The summed E-state index contributed by atoms with van der Waals surface area (Å²) >= 11 is 0. The van der Waals surface area contributed by atoms with Crippen LogP contribution in [-0.4, -0.2) is 23.3 Å². The minimum atomic E-state index is -0.545. The zero-order valence-electron chi connectivity index (χ0n) is 6.65. The highest BCUT2D eigenvalue weighted by Crippen LogP contribution is 2.02. The number of nitrogens with zero attached hydrogens (tertiary/aromatic N) is 1. The second-order valence-electron chi connectivity index (χ2n) is 2.24. The first kappa shape index (κ1) is 8.61. The molecule has 5 nitrogen and oxygen atoms in total. The van der Waals surface area contributed by atoms with E-state index < -0.39 is 6.03 Å². The van der Waals surface area contributed by atoms with Gasteiger partial charge in [-0.25, -0.2) is 9.86 Å². The van der Waals surface area contributed by atoms with Crippen molar-refractivity contribution in [2.24, 2.45) is 0 Å². The van der Waals surface area contributed by atoms with Crippen molar-refractivity contribution in [1.82, 2.24) is 10.4 Å². The lowest BCUT2D eigenvalue weighted by Crippen LogP contribution is -2.34. The number of nitrogens with one attached hydrogen (secondary N) is 1. The second-order valence-corrected chi connectivity index (χ2v) is 2.24. The van der Waals surface area contributed by atoms with Gasteiger partial charge < -0.3 is 9.73 Å². The minimum absolute atomic E-state index is 0.121. The van der Waals surface area contributed by atoms with E-state index >= 15 is 0 Å². The number of carbonyl (C=O) groups excluding carboxylic acids is 1. The van der Waals surface area contributed by atoms with Crippen molar-refractivity contribution < 1.29 is 14.4 Å². The van der Waals surface area contributed by atoms with Gasteiger partial charge in [0.25, 0.3) is 0 Å². The number of furan rings is 1. The molecular weight excluding hydrogens is 160 g/mol. The zero-order chi connectivity index (χ0) is 8.97. The second kappa shape index (κ2) is 3.77. The largest absolute Gasteiger partial charge is 0.472 e. The normalized spacial score (nSPS) is 9.50. The minimum Gasteiger partial charge on any atom is -0.472 e. The van der Waals surface area contributed by atoms with E-state index in [4.69, 9.17) is 9.62 Å². The summed E-state index contributed by atoms with van der Waals surface area (Å²) in [6.07, 6.45) is 2.94. The fourth-order valence-corrected chi connectivity index (χ4v) is 0.756. The van der Waals surface area contributed by atoms with Crippen molar-refractivity contribution in [2.75, 3.05) is 7.05 Å². The van der Waals surface area contributed by atoms with E-state index in [2.05, 4.69) is 5.32 Å². The van der Waals surface area contributed by atoms with E-state index in [1.165, 1.54) is 19.6 Å². The number of urea groups is 1. The van der Waals surface area contributed by atoms with Crippen LogP contribution in [-0.2, 0) is 6.54 Å². The Labute approximate surface area is 69.5 Å². The van der Waals surface area contributed by atoms with E-state index in [-0.39, 0.29) is 6.54 Å². The van der Waals surface area contributed by atoms with Gasteiger partial charge in [0.2, 0.25) is 0 Å². The molecule has 0 saturated heterocycles. The van der Waals surface area contributed by atoms with Crippen LogP contribution in [0.4, 0.5) is 4.79 Å². The van der Waals surface area contributed by atoms with E-state index in [1.54, 1.807) is 6.07 Å². The van der Waals surface area contributed by atoms with Crippen LogP contribution < -0.4 is 5.32 Å². The Morgan fingerprint density at radius 2 is 2.58 bits per heavy atom. The van der Waals surface area contributed by atoms with Crippen molar-refractivity contribution in [3.8, 4) is 0 Å². The smallest absolute Gasteiger partial charge is 0.341 e. The molecule has 0 aliphatic heterocycles. The first-order valence-corrected chi connectivity index (χ1v) is 3.43. The van der Waals surface area contributed by atoms with Crippen LogP contribution in [0, 0.1) is 0 Å². The van der Waals surface area contributed by atoms with Crippen LogP contribution in [0.5, 0.6) is 0 Å². The average molecular weight is 170 g/mol. The van der Waals surface area contributed by atoms with Crippen LogP contribution in [0.2, 0.25) is 0 Å². The van der Waals surface area contributed by atoms with Gasteiger partial charge in [-0.15, -0.1) is 0 Å². The maximum Gasteiger partial charge on any atom is 0.341 e. The summed E-state index contributed by atoms with van der Waals surface area (Å²) < 4.78 is 4.76. The van der Waals surface area contributed by atoms with E-state index in [0.29, 0.717) is 5.06 Å². The number of hydrogen-bond acceptors (Lipinski definition) is 3. The van der Waals surface area contributed by atoms with Gasteiger partial charge in [-0.2, -0.15) is 0 Å². The molecule has 1 heterocycles. The number of carbonyl (C=O) groups is 1.